The van der Waals surface area contributed by atoms with Crippen LogP contribution in [0.15, 0.2) is 42.5 Å². The molecule has 0 bridgehead atoms. The van der Waals surface area contributed by atoms with Crippen molar-refractivity contribution in [2.24, 2.45) is 0 Å². The van der Waals surface area contributed by atoms with Gasteiger partial charge < -0.3 is 19.1 Å². The first kappa shape index (κ1) is 19.3. The zero-order chi connectivity index (χ0) is 19.1. The van der Waals surface area contributed by atoms with Crippen LogP contribution in [0, 0.1) is 0 Å². The van der Waals surface area contributed by atoms with E-state index in [1.807, 2.05) is 13.0 Å². The molecule has 0 fully saturated rings. The molecule has 0 spiro atoms. The summed E-state index contributed by atoms with van der Waals surface area (Å²) in [6.45, 7) is 3.92. The van der Waals surface area contributed by atoms with Gasteiger partial charge in [-0.25, -0.2) is 0 Å². The molecule has 0 radical (unpaired) electrons. The van der Waals surface area contributed by atoms with E-state index in [1.54, 1.807) is 43.4 Å². The minimum absolute atomic E-state index is 0.203. The Labute approximate surface area is 153 Å². The Hall–Kier alpha value is -3.02. The molecule has 0 aliphatic carbocycles. The van der Waals surface area contributed by atoms with Crippen LogP contribution in [0.3, 0.4) is 0 Å². The second-order valence-corrected chi connectivity index (χ2v) is 5.67. The molecule has 0 heterocycles. The van der Waals surface area contributed by atoms with Gasteiger partial charge in [-0.15, -0.1) is 0 Å². The molecule has 6 nitrogen and oxygen atoms in total. The molecule has 26 heavy (non-hydrogen) atoms. The van der Waals surface area contributed by atoms with Gasteiger partial charge in [-0.3, -0.25) is 9.59 Å². The van der Waals surface area contributed by atoms with Crippen LogP contribution in [-0.4, -0.2) is 32.6 Å². The van der Waals surface area contributed by atoms with E-state index in [2.05, 4.69) is 0 Å². The van der Waals surface area contributed by atoms with E-state index in [9.17, 15) is 9.59 Å². The van der Waals surface area contributed by atoms with E-state index in [0.717, 1.165) is 6.42 Å². The summed E-state index contributed by atoms with van der Waals surface area (Å²) in [7, 11) is 3.14. The predicted octanol–water partition coefficient (Wildman–Crippen LogP) is 3.69. The van der Waals surface area contributed by atoms with Crippen molar-refractivity contribution >= 4 is 17.6 Å². The lowest BCUT2D eigenvalue weighted by Gasteiger charge is -2.19. The summed E-state index contributed by atoms with van der Waals surface area (Å²) in [5.74, 6) is 0.666. The van der Waals surface area contributed by atoms with E-state index in [4.69, 9.17) is 14.2 Å². The summed E-state index contributed by atoms with van der Waals surface area (Å²) < 4.78 is 15.9. The summed E-state index contributed by atoms with van der Waals surface area (Å²) in [5.41, 5.74) is 1.08. The standard InChI is InChI=1S/C20H23NO5/c1-5-11-25-17-8-6-7-15(12-17)20(23)21(3)16-9-10-18(24-4)19(13-16)26-14(2)22/h6-10,12-13H,5,11H2,1-4H3. The zero-order valence-electron chi connectivity index (χ0n) is 15.4. The highest BCUT2D eigenvalue weighted by molar-refractivity contribution is 6.06. The SMILES string of the molecule is CCCOc1cccc(C(=O)N(C)c2ccc(OC)c(OC(C)=O)c2)c1. The topological polar surface area (TPSA) is 65.1 Å². The number of nitrogens with zero attached hydrogens (tertiary/aromatic N) is 1. The number of hydrogen-bond acceptors (Lipinski definition) is 5. The van der Waals surface area contributed by atoms with Gasteiger partial charge in [0, 0.05) is 31.3 Å². The Kier molecular flexibility index (Phi) is 6.60. The number of hydrogen-bond donors (Lipinski definition) is 0. The maximum Gasteiger partial charge on any atom is 0.308 e. The molecule has 2 rings (SSSR count). The average molecular weight is 357 g/mol. The number of methoxy groups -OCH3 is 1. The molecule has 2 aromatic carbocycles. The normalized spacial score (nSPS) is 10.2. The number of carbonyl (C=O) groups excluding carboxylic acids is 2. The molecule has 0 N–H and O–H groups in total. The minimum atomic E-state index is -0.463. The largest absolute Gasteiger partial charge is 0.494 e. The Morgan fingerprint density at radius 2 is 1.85 bits per heavy atom. The fourth-order valence-corrected chi connectivity index (χ4v) is 2.36. The summed E-state index contributed by atoms with van der Waals surface area (Å²) in [6.07, 6.45) is 0.892. The van der Waals surface area contributed by atoms with Crippen LogP contribution in [0.2, 0.25) is 0 Å². The molecule has 0 saturated carbocycles. The van der Waals surface area contributed by atoms with Crippen molar-refractivity contribution in [2.75, 3.05) is 25.7 Å². The van der Waals surface area contributed by atoms with Crippen molar-refractivity contribution in [3.8, 4) is 17.2 Å². The molecule has 0 aromatic heterocycles. The smallest absolute Gasteiger partial charge is 0.308 e. The fourth-order valence-electron chi connectivity index (χ4n) is 2.36. The summed E-state index contributed by atoms with van der Waals surface area (Å²) in [6, 6.07) is 12.0. The van der Waals surface area contributed by atoms with E-state index < -0.39 is 5.97 Å². The van der Waals surface area contributed by atoms with Gasteiger partial charge in [0.2, 0.25) is 0 Å². The zero-order valence-corrected chi connectivity index (χ0v) is 15.4. The van der Waals surface area contributed by atoms with Gasteiger partial charge in [0.25, 0.3) is 5.91 Å². The number of rotatable bonds is 7. The first-order valence-electron chi connectivity index (χ1n) is 8.33. The van der Waals surface area contributed by atoms with Gasteiger partial charge in [-0.1, -0.05) is 13.0 Å². The molecule has 0 atom stereocenters. The molecule has 0 aliphatic heterocycles. The number of ether oxygens (including phenoxy) is 3. The van der Waals surface area contributed by atoms with Crippen molar-refractivity contribution in [3.05, 3.63) is 48.0 Å². The number of carbonyl (C=O) groups is 2. The number of esters is 1. The third-order valence-electron chi connectivity index (χ3n) is 3.65. The van der Waals surface area contributed by atoms with Gasteiger partial charge >= 0.3 is 5.97 Å². The van der Waals surface area contributed by atoms with Crippen LogP contribution in [0.5, 0.6) is 17.2 Å². The molecule has 2 aromatic rings. The second-order valence-electron chi connectivity index (χ2n) is 5.67. The van der Waals surface area contributed by atoms with E-state index in [1.165, 1.54) is 18.9 Å². The molecule has 6 heteroatoms. The third-order valence-corrected chi connectivity index (χ3v) is 3.65. The molecule has 0 saturated heterocycles. The Morgan fingerprint density at radius 3 is 2.50 bits per heavy atom. The van der Waals surface area contributed by atoms with Crippen molar-refractivity contribution in [2.45, 2.75) is 20.3 Å². The molecule has 1 amide bonds. The highest BCUT2D eigenvalue weighted by Crippen LogP contribution is 2.32. The maximum absolute atomic E-state index is 12.8. The quantitative estimate of drug-likeness (QED) is 0.559. The Balaban J connectivity index is 2.26. The van der Waals surface area contributed by atoms with Crippen LogP contribution >= 0.6 is 0 Å². The van der Waals surface area contributed by atoms with E-state index >= 15 is 0 Å². The number of amides is 1. The van der Waals surface area contributed by atoms with Crippen LogP contribution in [-0.2, 0) is 4.79 Å². The van der Waals surface area contributed by atoms with Gasteiger partial charge in [0.15, 0.2) is 11.5 Å². The third kappa shape index (κ3) is 4.75. The van der Waals surface area contributed by atoms with Crippen LogP contribution in [0.1, 0.15) is 30.6 Å². The summed E-state index contributed by atoms with van der Waals surface area (Å²) in [5, 5.41) is 0. The highest BCUT2D eigenvalue weighted by Gasteiger charge is 2.17. The van der Waals surface area contributed by atoms with Gasteiger partial charge in [0.05, 0.1) is 13.7 Å². The lowest BCUT2D eigenvalue weighted by Crippen LogP contribution is -2.26. The first-order valence-corrected chi connectivity index (χ1v) is 8.33. The van der Waals surface area contributed by atoms with Gasteiger partial charge in [0.1, 0.15) is 5.75 Å². The first-order chi connectivity index (χ1) is 12.5. The monoisotopic (exact) mass is 357 g/mol. The average Bonchev–Trinajstić information content (AvgIpc) is 2.64. The van der Waals surface area contributed by atoms with Crippen molar-refractivity contribution < 1.29 is 23.8 Å². The molecule has 0 aliphatic rings. The van der Waals surface area contributed by atoms with Gasteiger partial charge in [-0.2, -0.15) is 0 Å². The fraction of sp³-hybridized carbons (Fsp3) is 0.300. The molecular formula is C20H23NO5. The van der Waals surface area contributed by atoms with E-state index in [0.29, 0.717) is 29.4 Å². The lowest BCUT2D eigenvalue weighted by molar-refractivity contribution is -0.132. The Bertz CT molecular complexity index is 788. The van der Waals surface area contributed by atoms with Crippen molar-refractivity contribution in [3.63, 3.8) is 0 Å². The predicted molar refractivity (Wildman–Crippen MR) is 99.3 cm³/mol. The van der Waals surface area contributed by atoms with Crippen LogP contribution in [0.25, 0.3) is 0 Å². The van der Waals surface area contributed by atoms with E-state index in [-0.39, 0.29) is 11.7 Å². The number of anilines is 1. The maximum atomic E-state index is 12.8. The Morgan fingerprint density at radius 1 is 1.08 bits per heavy atom. The summed E-state index contributed by atoms with van der Waals surface area (Å²) >= 11 is 0. The second kappa shape index (κ2) is 8.89. The van der Waals surface area contributed by atoms with Crippen molar-refractivity contribution in [1.82, 2.24) is 0 Å². The molecule has 138 valence electrons. The minimum Gasteiger partial charge on any atom is -0.494 e. The van der Waals surface area contributed by atoms with Crippen molar-refractivity contribution in [1.29, 1.82) is 0 Å². The number of benzene rings is 2. The molecular weight excluding hydrogens is 334 g/mol. The lowest BCUT2D eigenvalue weighted by atomic mass is 10.1. The molecule has 0 unspecified atom stereocenters. The van der Waals surface area contributed by atoms with Crippen LogP contribution < -0.4 is 19.1 Å². The summed E-state index contributed by atoms with van der Waals surface area (Å²) in [4.78, 5) is 25.5. The van der Waals surface area contributed by atoms with Gasteiger partial charge in [-0.05, 0) is 36.8 Å². The highest BCUT2D eigenvalue weighted by atomic mass is 16.6. The van der Waals surface area contributed by atoms with Crippen LogP contribution in [0.4, 0.5) is 5.69 Å².